The van der Waals surface area contributed by atoms with Crippen LogP contribution in [0.1, 0.15) is 0 Å². The van der Waals surface area contributed by atoms with Gasteiger partial charge in [0.05, 0.1) is 12.8 Å². The van der Waals surface area contributed by atoms with Gasteiger partial charge in [0.2, 0.25) is 0 Å². The van der Waals surface area contributed by atoms with E-state index in [4.69, 9.17) is 10.5 Å². The summed E-state index contributed by atoms with van der Waals surface area (Å²) in [5.41, 5.74) is 3.13. The molecule has 9 heteroatoms. The van der Waals surface area contributed by atoms with E-state index in [-0.39, 0.29) is 17.0 Å². The first kappa shape index (κ1) is 15.5. The lowest BCUT2D eigenvalue weighted by molar-refractivity contribution is 0.415. The molecule has 0 saturated heterocycles. The van der Waals surface area contributed by atoms with E-state index >= 15 is 0 Å². The van der Waals surface area contributed by atoms with Crippen LogP contribution < -0.4 is 16.2 Å². The number of methoxy groups -OCH3 is 1. The molecule has 0 bridgehead atoms. The Morgan fingerprint density at radius 3 is 2.57 bits per heavy atom. The van der Waals surface area contributed by atoms with Gasteiger partial charge in [0.15, 0.2) is 17.4 Å². The number of imidazole rings is 1. The van der Waals surface area contributed by atoms with Crippen LogP contribution in [0.5, 0.6) is 5.75 Å². The summed E-state index contributed by atoms with van der Waals surface area (Å²) in [5, 5.41) is 0. The number of rotatable bonds is 2. The van der Waals surface area contributed by atoms with Crippen LogP contribution in [-0.2, 0) is 0 Å². The molecule has 0 aliphatic carbocycles. The predicted octanol–water partition coefficient (Wildman–Crippen LogP) is 3.09. The van der Waals surface area contributed by atoms with E-state index in [0.29, 0.717) is 9.04 Å². The number of anilines is 1. The van der Waals surface area contributed by atoms with Gasteiger partial charge >= 0.3 is 5.69 Å². The van der Waals surface area contributed by atoms with Gasteiger partial charge < -0.3 is 15.5 Å². The highest BCUT2D eigenvalue weighted by atomic mass is 79.9. The van der Waals surface area contributed by atoms with Crippen molar-refractivity contribution in [3.05, 3.63) is 50.6 Å². The van der Waals surface area contributed by atoms with Gasteiger partial charge in [0.1, 0.15) is 22.5 Å². The molecule has 3 N–H and O–H groups in total. The molecule has 0 unspecified atom stereocenters. The van der Waals surface area contributed by atoms with Gasteiger partial charge in [-0.25, -0.2) is 18.0 Å². The number of nitrogen functional groups attached to an aromatic ring is 1. The minimum atomic E-state index is -1.38. The van der Waals surface area contributed by atoms with Crippen LogP contribution in [0.2, 0.25) is 0 Å². The van der Waals surface area contributed by atoms with Gasteiger partial charge in [0, 0.05) is 4.47 Å². The third kappa shape index (κ3) is 2.19. The van der Waals surface area contributed by atoms with Crippen LogP contribution in [-0.4, -0.2) is 16.7 Å². The van der Waals surface area contributed by atoms with Crippen LogP contribution in [0.15, 0.2) is 27.5 Å². The molecule has 3 rings (SSSR count). The molecule has 5 nitrogen and oxygen atoms in total. The fourth-order valence-electron chi connectivity index (χ4n) is 2.37. The average molecular weight is 388 g/mol. The largest absolute Gasteiger partial charge is 0.492 e. The zero-order valence-electron chi connectivity index (χ0n) is 11.6. The number of nitrogens with one attached hydrogen (secondary N) is 1. The van der Waals surface area contributed by atoms with E-state index in [1.54, 1.807) is 0 Å². The monoisotopic (exact) mass is 387 g/mol. The minimum absolute atomic E-state index is 0.156. The van der Waals surface area contributed by atoms with Gasteiger partial charge in [-0.1, -0.05) is 15.9 Å². The number of nitrogens with two attached hydrogens (primary N) is 1. The van der Waals surface area contributed by atoms with Crippen LogP contribution >= 0.6 is 15.9 Å². The maximum atomic E-state index is 14.3. The van der Waals surface area contributed by atoms with Crippen LogP contribution in [0.4, 0.5) is 18.9 Å². The highest BCUT2D eigenvalue weighted by molar-refractivity contribution is 9.10. The molecule has 2 aromatic carbocycles. The highest BCUT2D eigenvalue weighted by Crippen LogP contribution is 2.36. The van der Waals surface area contributed by atoms with Crippen molar-refractivity contribution in [2.45, 2.75) is 0 Å². The predicted molar refractivity (Wildman–Crippen MR) is 82.4 cm³/mol. The minimum Gasteiger partial charge on any atom is -0.492 e. The molecular weight excluding hydrogens is 379 g/mol. The van der Waals surface area contributed by atoms with Gasteiger partial charge in [0.25, 0.3) is 0 Å². The average Bonchev–Trinajstić information content (AvgIpc) is 2.83. The second-order valence-electron chi connectivity index (χ2n) is 4.66. The first-order chi connectivity index (χ1) is 10.9. The quantitative estimate of drug-likeness (QED) is 0.663. The van der Waals surface area contributed by atoms with Gasteiger partial charge in [-0.2, -0.15) is 0 Å². The Hall–Kier alpha value is -2.42. The second-order valence-corrected chi connectivity index (χ2v) is 5.58. The van der Waals surface area contributed by atoms with E-state index < -0.39 is 34.3 Å². The van der Waals surface area contributed by atoms with Crippen LogP contribution in [0.3, 0.4) is 0 Å². The smallest absolute Gasteiger partial charge is 0.331 e. The lowest BCUT2D eigenvalue weighted by Crippen LogP contribution is -2.16. The highest BCUT2D eigenvalue weighted by Gasteiger charge is 2.25. The lowest BCUT2D eigenvalue weighted by atomic mass is 10.2. The van der Waals surface area contributed by atoms with Crippen molar-refractivity contribution < 1.29 is 17.9 Å². The zero-order valence-corrected chi connectivity index (χ0v) is 13.2. The Labute approximate surface area is 135 Å². The first-order valence-electron chi connectivity index (χ1n) is 6.27. The van der Waals surface area contributed by atoms with E-state index in [1.165, 1.54) is 19.2 Å². The number of aromatic nitrogens is 2. The Kier molecular flexibility index (Phi) is 3.59. The zero-order chi connectivity index (χ0) is 16.9. The summed E-state index contributed by atoms with van der Waals surface area (Å²) in [5.74, 6) is -3.77. The third-order valence-corrected chi connectivity index (χ3v) is 3.85. The normalized spacial score (nSPS) is 11.2. The standard InChI is InChI=1S/C14H9BrF3N3O2/c1-23-13-10(19)8(17)9(18)12-11(13)20-14(22)21(12)7-3-2-5(15)4-6(7)16/h2-4H,19H2,1H3,(H,20,22). The SMILES string of the molecule is COc1c(N)c(F)c(F)c2c1[nH]c(=O)n2-c1ccc(Br)cc1F. The first-order valence-corrected chi connectivity index (χ1v) is 7.06. The number of ether oxygens (including phenoxy) is 1. The van der Waals surface area contributed by atoms with Crippen molar-refractivity contribution in [2.24, 2.45) is 0 Å². The number of aromatic amines is 1. The number of hydrogen-bond acceptors (Lipinski definition) is 3. The van der Waals surface area contributed by atoms with E-state index in [2.05, 4.69) is 20.9 Å². The van der Waals surface area contributed by atoms with Crippen molar-refractivity contribution >= 4 is 32.7 Å². The molecule has 3 aromatic rings. The number of halogens is 4. The van der Waals surface area contributed by atoms with Crippen LogP contribution in [0, 0.1) is 17.5 Å². The molecule has 23 heavy (non-hydrogen) atoms. The second kappa shape index (κ2) is 5.34. The molecule has 0 aliphatic rings. The van der Waals surface area contributed by atoms with Gasteiger partial charge in [-0.15, -0.1) is 0 Å². The molecule has 0 atom stereocenters. The van der Waals surface area contributed by atoms with Crippen LogP contribution in [0.25, 0.3) is 16.7 Å². The van der Waals surface area contributed by atoms with E-state index in [1.807, 2.05) is 0 Å². The Bertz CT molecular complexity index is 997. The summed E-state index contributed by atoms with van der Waals surface area (Å²) in [6.45, 7) is 0. The summed E-state index contributed by atoms with van der Waals surface area (Å²) < 4.78 is 48.5. The maximum absolute atomic E-state index is 14.3. The molecular formula is C14H9BrF3N3O2. The van der Waals surface area contributed by atoms with Gasteiger partial charge in [-0.3, -0.25) is 4.57 Å². The molecule has 0 spiro atoms. The Morgan fingerprint density at radius 1 is 1.26 bits per heavy atom. The molecule has 1 heterocycles. The third-order valence-electron chi connectivity index (χ3n) is 3.36. The summed E-state index contributed by atoms with van der Waals surface area (Å²) >= 11 is 3.08. The molecule has 0 saturated carbocycles. The summed E-state index contributed by atoms with van der Waals surface area (Å²) in [6.07, 6.45) is 0. The number of nitrogens with zero attached hydrogens (tertiary/aromatic N) is 1. The molecule has 0 fully saturated rings. The summed E-state index contributed by atoms with van der Waals surface area (Å²) in [6, 6.07) is 3.82. The summed E-state index contributed by atoms with van der Waals surface area (Å²) in [4.78, 5) is 14.5. The van der Waals surface area contributed by atoms with Crippen molar-refractivity contribution in [3.63, 3.8) is 0 Å². The van der Waals surface area contributed by atoms with Crippen molar-refractivity contribution in [2.75, 3.05) is 12.8 Å². The molecule has 0 radical (unpaired) electrons. The van der Waals surface area contributed by atoms with Crippen molar-refractivity contribution in [3.8, 4) is 11.4 Å². The number of benzene rings is 2. The topological polar surface area (TPSA) is 73.0 Å². The Balaban J connectivity index is 2.50. The molecule has 1 aromatic heterocycles. The number of H-pyrrole nitrogens is 1. The molecule has 120 valence electrons. The molecule has 0 amide bonds. The van der Waals surface area contributed by atoms with Crippen molar-refractivity contribution in [1.82, 2.24) is 9.55 Å². The van der Waals surface area contributed by atoms with Crippen molar-refractivity contribution in [1.29, 1.82) is 0 Å². The van der Waals surface area contributed by atoms with Gasteiger partial charge in [-0.05, 0) is 18.2 Å². The Morgan fingerprint density at radius 2 is 1.96 bits per heavy atom. The maximum Gasteiger partial charge on any atom is 0.331 e. The lowest BCUT2D eigenvalue weighted by Gasteiger charge is -2.10. The fourth-order valence-corrected chi connectivity index (χ4v) is 2.70. The number of hydrogen-bond donors (Lipinski definition) is 2. The van der Waals surface area contributed by atoms with E-state index in [0.717, 1.165) is 6.07 Å². The summed E-state index contributed by atoms with van der Waals surface area (Å²) in [7, 11) is 1.19. The fraction of sp³-hybridized carbons (Fsp3) is 0.0714. The molecule has 0 aliphatic heterocycles. The number of fused-ring (bicyclic) bond motifs is 1. The van der Waals surface area contributed by atoms with E-state index in [9.17, 15) is 18.0 Å².